The Morgan fingerprint density at radius 1 is 1.45 bits per heavy atom. The van der Waals surface area contributed by atoms with E-state index in [0.29, 0.717) is 15.5 Å². The Labute approximate surface area is 140 Å². The maximum absolute atomic E-state index is 13.5. The molecule has 0 fully saturated rings. The van der Waals surface area contributed by atoms with Gasteiger partial charge in [-0.1, -0.05) is 41.1 Å². The van der Waals surface area contributed by atoms with Crippen LogP contribution in [0.4, 0.5) is 9.52 Å². The van der Waals surface area contributed by atoms with Gasteiger partial charge in [0.15, 0.2) is 18.2 Å². The van der Waals surface area contributed by atoms with E-state index in [0.717, 1.165) is 11.4 Å². The Hall–Kier alpha value is -1.54. The molecule has 1 amide bonds. The van der Waals surface area contributed by atoms with E-state index in [9.17, 15) is 9.18 Å². The molecule has 8 heteroatoms. The number of carbonyl (C=O) groups is 1. The second-order valence-corrected chi connectivity index (χ2v) is 6.99. The van der Waals surface area contributed by atoms with Gasteiger partial charge in [-0.05, 0) is 24.1 Å². The molecule has 0 radical (unpaired) electrons. The zero-order valence-electron chi connectivity index (χ0n) is 12.1. The second-order valence-electron chi connectivity index (χ2n) is 5.01. The van der Waals surface area contributed by atoms with E-state index in [4.69, 9.17) is 4.74 Å². The van der Waals surface area contributed by atoms with Crippen LogP contribution in [-0.2, 0) is 11.2 Å². The van der Waals surface area contributed by atoms with Crippen molar-refractivity contribution in [3.05, 3.63) is 33.5 Å². The van der Waals surface area contributed by atoms with Crippen LogP contribution in [0.2, 0.25) is 0 Å². The van der Waals surface area contributed by atoms with Gasteiger partial charge in [0.2, 0.25) is 5.13 Å². The monoisotopic (exact) mass is 387 g/mol. The minimum Gasteiger partial charge on any atom is -0.481 e. The van der Waals surface area contributed by atoms with Gasteiger partial charge in [-0.25, -0.2) is 4.39 Å². The van der Waals surface area contributed by atoms with Crippen molar-refractivity contribution < 1.29 is 13.9 Å². The number of hydrogen-bond acceptors (Lipinski definition) is 5. The molecule has 0 saturated carbocycles. The minimum atomic E-state index is -0.530. The van der Waals surface area contributed by atoms with Gasteiger partial charge in [0.25, 0.3) is 5.91 Å². The first-order chi connectivity index (χ1) is 10.4. The fraction of sp³-hybridized carbons (Fsp3) is 0.357. The van der Waals surface area contributed by atoms with E-state index < -0.39 is 11.7 Å². The third-order valence-electron chi connectivity index (χ3n) is 2.55. The predicted octanol–water partition coefficient (Wildman–Crippen LogP) is 3.66. The highest BCUT2D eigenvalue weighted by atomic mass is 79.9. The molecular formula is C14H15BrFN3O2S. The van der Waals surface area contributed by atoms with Crippen LogP contribution in [-0.4, -0.2) is 22.7 Å². The number of rotatable bonds is 6. The second kappa shape index (κ2) is 7.64. The number of nitrogens with zero attached hydrogens (tertiary/aromatic N) is 2. The molecule has 1 N–H and O–H groups in total. The number of carbonyl (C=O) groups excluding carboxylic acids is 1. The van der Waals surface area contributed by atoms with E-state index >= 15 is 0 Å². The lowest BCUT2D eigenvalue weighted by atomic mass is 10.1. The fourth-order valence-corrected chi connectivity index (χ4v) is 2.93. The first-order valence-corrected chi connectivity index (χ1v) is 8.25. The summed E-state index contributed by atoms with van der Waals surface area (Å²) in [7, 11) is 0. The summed E-state index contributed by atoms with van der Waals surface area (Å²) in [5.41, 5.74) is 0. The number of amides is 1. The summed E-state index contributed by atoms with van der Waals surface area (Å²) in [6.07, 6.45) is 0.814. The van der Waals surface area contributed by atoms with Crippen LogP contribution in [0.1, 0.15) is 18.9 Å². The van der Waals surface area contributed by atoms with Crippen molar-refractivity contribution in [1.29, 1.82) is 0 Å². The lowest BCUT2D eigenvalue weighted by molar-refractivity contribution is -0.118. The summed E-state index contributed by atoms with van der Waals surface area (Å²) >= 11 is 4.48. The van der Waals surface area contributed by atoms with Gasteiger partial charge < -0.3 is 4.74 Å². The number of benzene rings is 1. The predicted molar refractivity (Wildman–Crippen MR) is 86.7 cm³/mol. The van der Waals surface area contributed by atoms with E-state index in [2.05, 4.69) is 45.3 Å². The third kappa shape index (κ3) is 5.03. The molecule has 118 valence electrons. The molecule has 0 aliphatic carbocycles. The summed E-state index contributed by atoms with van der Waals surface area (Å²) in [5.74, 6) is -0.441. The van der Waals surface area contributed by atoms with Crippen molar-refractivity contribution in [1.82, 2.24) is 10.2 Å². The molecule has 2 rings (SSSR count). The Kier molecular flexibility index (Phi) is 5.84. The van der Waals surface area contributed by atoms with Crippen molar-refractivity contribution in [2.45, 2.75) is 20.3 Å². The topological polar surface area (TPSA) is 64.1 Å². The van der Waals surface area contributed by atoms with Crippen molar-refractivity contribution in [3.63, 3.8) is 0 Å². The molecule has 5 nitrogen and oxygen atoms in total. The van der Waals surface area contributed by atoms with Gasteiger partial charge in [-0.2, -0.15) is 0 Å². The molecule has 1 aromatic carbocycles. The van der Waals surface area contributed by atoms with Gasteiger partial charge in [-0.3, -0.25) is 10.1 Å². The Morgan fingerprint density at radius 2 is 2.23 bits per heavy atom. The number of halogens is 2. The zero-order chi connectivity index (χ0) is 16.1. The van der Waals surface area contributed by atoms with Crippen molar-refractivity contribution in [2.75, 3.05) is 11.9 Å². The summed E-state index contributed by atoms with van der Waals surface area (Å²) in [4.78, 5) is 11.8. The molecule has 0 aliphatic rings. The van der Waals surface area contributed by atoms with Crippen LogP contribution in [0.5, 0.6) is 5.75 Å². The highest BCUT2D eigenvalue weighted by molar-refractivity contribution is 9.10. The fourth-order valence-electron chi connectivity index (χ4n) is 1.63. The Morgan fingerprint density at radius 3 is 2.91 bits per heavy atom. The zero-order valence-corrected chi connectivity index (χ0v) is 14.5. The summed E-state index contributed by atoms with van der Waals surface area (Å²) in [6.45, 7) is 3.87. The maximum atomic E-state index is 13.5. The molecule has 1 heterocycles. The molecule has 0 spiro atoms. The molecule has 0 aliphatic heterocycles. The molecule has 0 atom stereocenters. The molecule has 1 aromatic heterocycles. The summed E-state index contributed by atoms with van der Waals surface area (Å²) in [5, 5.41) is 11.8. The summed E-state index contributed by atoms with van der Waals surface area (Å²) < 4.78 is 19.3. The quantitative estimate of drug-likeness (QED) is 0.821. The smallest absolute Gasteiger partial charge is 0.264 e. The van der Waals surface area contributed by atoms with Gasteiger partial charge in [0.05, 0.1) is 0 Å². The van der Waals surface area contributed by atoms with Gasteiger partial charge in [-0.15, -0.1) is 10.2 Å². The van der Waals surface area contributed by atoms with Crippen LogP contribution >= 0.6 is 27.3 Å². The maximum Gasteiger partial charge on any atom is 0.264 e. The van der Waals surface area contributed by atoms with Crippen LogP contribution in [0.25, 0.3) is 0 Å². The lowest BCUT2D eigenvalue weighted by Crippen LogP contribution is -2.20. The first kappa shape index (κ1) is 16.8. The van der Waals surface area contributed by atoms with Gasteiger partial charge in [0, 0.05) is 10.9 Å². The minimum absolute atomic E-state index is 0.0242. The average Bonchev–Trinajstić information content (AvgIpc) is 2.84. The Bertz CT molecular complexity index is 663. The van der Waals surface area contributed by atoms with Crippen molar-refractivity contribution in [2.24, 2.45) is 5.92 Å². The van der Waals surface area contributed by atoms with Crippen LogP contribution in [0.15, 0.2) is 22.7 Å². The standard InChI is InChI=1S/C14H15BrFN3O2S/c1-8(2)5-13-18-19-14(22-13)17-12(20)7-21-11-4-3-9(15)6-10(11)16/h3-4,6,8H,5,7H2,1-2H3,(H,17,19,20). The van der Waals surface area contributed by atoms with Crippen LogP contribution in [0, 0.1) is 11.7 Å². The largest absolute Gasteiger partial charge is 0.481 e. The van der Waals surface area contributed by atoms with Gasteiger partial charge >= 0.3 is 0 Å². The number of anilines is 1. The van der Waals surface area contributed by atoms with Crippen molar-refractivity contribution in [3.8, 4) is 5.75 Å². The van der Waals surface area contributed by atoms with Crippen molar-refractivity contribution >= 4 is 38.3 Å². The van der Waals surface area contributed by atoms with Crippen LogP contribution in [0.3, 0.4) is 0 Å². The molecular weight excluding hydrogens is 373 g/mol. The Balaban J connectivity index is 1.86. The average molecular weight is 388 g/mol. The number of hydrogen-bond donors (Lipinski definition) is 1. The molecule has 0 bridgehead atoms. The third-order valence-corrected chi connectivity index (χ3v) is 3.90. The number of ether oxygens (including phenoxy) is 1. The molecule has 0 saturated heterocycles. The van der Waals surface area contributed by atoms with E-state index in [1.807, 2.05) is 0 Å². The molecule has 22 heavy (non-hydrogen) atoms. The number of aromatic nitrogens is 2. The SMILES string of the molecule is CC(C)Cc1nnc(NC(=O)COc2ccc(Br)cc2F)s1. The summed E-state index contributed by atoms with van der Waals surface area (Å²) in [6, 6.07) is 4.37. The molecule has 2 aromatic rings. The van der Waals surface area contributed by atoms with Gasteiger partial charge in [0.1, 0.15) is 5.01 Å². The van der Waals surface area contributed by atoms with Crippen LogP contribution < -0.4 is 10.1 Å². The highest BCUT2D eigenvalue weighted by Gasteiger charge is 2.11. The lowest BCUT2D eigenvalue weighted by Gasteiger charge is -2.06. The van der Waals surface area contributed by atoms with E-state index in [1.54, 1.807) is 6.07 Å². The first-order valence-electron chi connectivity index (χ1n) is 6.64. The number of nitrogens with one attached hydrogen (secondary N) is 1. The van der Waals surface area contributed by atoms with E-state index in [-0.39, 0.29) is 12.4 Å². The normalized spacial score (nSPS) is 10.8. The molecule has 0 unspecified atom stereocenters. The highest BCUT2D eigenvalue weighted by Crippen LogP contribution is 2.22. The van der Waals surface area contributed by atoms with E-state index in [1.165, 1.54) is 23.5 Å².